The number of fused-ring (bicyclic) bond motifs is 1. The summed E-state index contributed by atoms with van der Waals surface area (Å²) < 4.78 is 118. The second-order valence-electron chi connectivity index (χ2n) is 7.78. The fourth-order valence-electron chi connectivity index (χ4n) is 3.98. The lowest BCUT2D eigenvalue weighted by Crippen LogP contribution is -2.57. The van der Waals surface area contributed by atoms with Gasteiger partial charge in [-0.25, -0.2) is 12.8 Å². The fraction of sp³-hybridized carbons (Fsp3) is 0.350. The normalized spacial score (nSPS) is 19.6. The van der Waals surface area contributed by atoms with Crippen LogP contribution in [0.1, 0.15) is 22.3 Å². The van der Waals surface area contributed by atoms with Gasteiger partial charge in [-0.1, -0.05) is 18.2 Å². The Morgan fingerprint density at radius 1 is 1.03 bits per heavy atom. The molecular weight excluding hydrogens is 497 g/mol. The van der Waals surface area contributed by atoms with Crippen molar-refractivity contribution in [2.24, 2.45) is 5.73 Å². The molecule has 0 aliphatic carbocycles. The van der Waals surface area contributed by atoms with E-state index in [2.05, 4.69) is 5.32 Å². The number of primary amides is 1. The Morgan fingerprint density at radius 2 is 1.59 bits per heavy atom. The predicted molar refractivity (Wildman–Crippen MR) is 104 cm³/mol. The SMILES string of the molecule is CS(=O)(=O)c1ccc2c(c1)CCNC2(C(N)=O)c1ccc(C(O)(C(F)(F)F)C(F)(F)F)cc1F. The van der Waals surface area contributed by atoms with Gasteiger partial charge in [0.25, 0.3) is 5.60 Å². The van der Waals surface area contributed by atoms with E-state index in [1.807, 2.05) is 0 Å². The van der Waals surface area contributed by atoms with Gasteiger partial charge in [-0.05, 0) is 35.7 Å². The molecule has 3 rings (SSSR count). The second kappa shape index (κ2) is 7.92. The average molecular weight is 514 g/mol. The summed E-state index contributed by atoms with van der Waals surface area (Å²) in [5.74, 6) is -2.93. The number of nitrogens with one attached hydrogen (secondary N) is 1. The van der Waals surface area contributed by atoms with Gasteiger partial charge in [0.05, 0.1) is 4.90 Å². The number of sulfone groups is 1. The van der Waals surface area contributed by atoms with E-state index in [4.69, 9.17) is 5.73 Å². The molecule has 34 heavy (non-hydrogen) atoms. The summed E-state index contributed by atoms with van der Waals surface area (Å²) in [5, 5.41) is 12.2. The van der Waals surface area contributed by atoms with Gasteiger partial charge < -0.3 is 10.8 Å². The Labute approximate surface area is 188 Å². The van der Waals surface area contributed by atoms with Crippen molar-refractivity contribution in [1.82, 2.24) is 5.32 Å². The average Bonchev–Trinajstić information content (AvgIpc) is 2.69. The fourth-order valence-corrected chi connectivity index (χ4v) is 4.65. The number of hydrogen-bond acceptors (Lipinski definition) is 5. The van der Waals surface area contributed by atoms with Crippen LogP contribution in [0.4, 0.5) is 30.7 Å². The summed E-state index contributed by atoms with van der Waals surface area (Å²) in [6.07, 6.45) is -11.4. The lowest BCUT2D eigenvalue weighted by Gasteiger charge is -2.39. The molecule has 0 saturated carbocycles. The maximum Gasteiger partial charge on any atom is 0.430 e. The Hall–Kier alpha value is -2.71. The summed E-state index contributed by atoms with van der Waals surface area (Å²) in [6.45, 7) is -0.0562. The van der Waals surface area contributed by atoms with Crippen molar-refractivity contribution in [2.45, 2.75) is 34.8 Å². The molecule has 0 radical (unpaired) electrons. The number of aliphatic hydroxyl groups is 1. The van der Waals surface area contributed by atoms with Crippen molar-refractivity contribution < 1.29 is 49.1 Å². The third-order valence-electron chi connectivity index (χ3n) is 5.67. The predicted octanol–water partition coefficient (Wildman–Crippen LogP) is 2.42. The van der Waals surface area contributed by atoms with Crippen LogP contribution in [-0.2, 0) is 32.2 Å². The summed E-state index contributed by atoms with van der Waals surface area (Å²) >= 11 is 0. The van der Waals surface area contributed by atoms with Crippen LogP contribution in [0.2, 0.25) is 0 Å². The van der Waals surface area contributed by atoms with E-state index in [0.29, 0.717) is 6.07 Å². The first-order chi connectivity index (χ1) is 15.4. The molecule has 1 amide bonds. The second-order valence-corrected chi connectivity index (χ2v) is 9.80. The summed E-state index contributed by atoms with van der Waals surface area (Å²) in [4.78, 5) is 12.4. The lowest BCUT2D eigenvalue weighted by atomic mass is 9.75. The van der Waals surface area contributed by atoms with Crippen LogP contribution in [-0.4, -0.2) is 44.6 Å². The minimum atomic E-state index is -6.24. The maximum absolute atomic E-state index is 15.1. The molecule has 1 heterocycles. The Balaban J connectivity index is 2.26. The summed E-state index contributed by atoms with van der Waals surface area (Å²) in [7, 11) is -3.67. The van der Waals surface area contributed by atoms with Crippen LogP contribution in [0.15, 0.2) is 41.3 Å². The van der Waals surface area contributed by atoms with Gasteiger partial charge in [0.1, 0.15) is 5.82 Å². The van der Waals surface area contributed by atoms with Crippen molar-refractivity contribution in [3.05, 3.63) is 64.5 Å². The largest absolute Gasteiger partial charge is 0.430 e. The molecule has 1 unspecified atom stereocenters. The zero-order chi connectivity index (χ0) is 25.9. The third kappa shape index (κ3) is 3.82. The highest BCUT2D eigenvalue weighted by atomic mass is 32.2. The Bertz CT molecular complexity index is 1240. The molecule has 0 bridgehead atoms. The molecule has 0 fully saturated rings. The number of amides is 1. The van der Waals surface area contributed by atoms with Crippen molar-refractivity contribution in [2.75, 3.05) is 12.8 Å². The van der Waals surface area contributed by atoms with Gasteiger partial charge in [-0.15, -0.1) is 0 Å². The molecule has 4 N–H and O–H groups in total. The van der Waals surface area contributed by atoms with Crippen molar-refractivity contribution in [3.8, 4) is 0 Å². The smallest absolute Gasteiger partial charge is 0.369 e. The third-order valence-corrected chi connectivity index (χ3v) is 6.78. The van der Waals surface area contributed by atoms with E-state index in [0.717, 1.165) is 18.4 Å². The van der Waals surface area contributed by atoms with Crippen LogP contribution in [0.25, 0.3) is 0 Å². The van der Waals surface area contributed by atoms with Crippen LogP contribution in [0, 0.1) is 5.82 Å². The first-order valence-corrected chi connectivity index (χ1v) is 11.3. The number of rotatable bonds is 4. The maximum atomic E-state index is 15.1. The number of nitrogens with two attached hydrogens (primary N) is 1. The van der Waals surface area contributed by atoms with E-state index in [-0.39, 0.29) is 41.1 Å². The number of hydrogen-bond donors (Lipinski definition) is 3. The molecule has 1 atom stereocenters. The summed E-state index contributed by atoms with van der Waals surface area (Å²) in [6, 6.07) is 4.02. The van der Waals surface area contributed by atoms with Crippen molar-refractivity contribution in [3.63, 3.8) is 0 Å². The van der Waals surface area contributed by atoms with Crippen LogP contribution < -0.4 is 11.1 Å². The highest BCUT2D eigenvalue weighted by Gasteiger charge is 2.71. The van der Waals surface area contributed by atoms with E-state index in [1.165, 1.54) is 6.07 Å². The Morgan fingerprint density at radius 3 is 2.06 bits per heavy atom. The number of halogens is 7. The van der Waals surface area contributed by atoms with Gasteiger partial charge in [0.2, 0.25) is 5.91 Å². The zero-order valence-corrected chi connectivity index (χ0v) is 18.0. The zero-order valence-electron chi connectivity index (χ0n) is 17.2. The molecule has 2 aromatic carbocycles. The summed E-state index contributed by atoms with van der Waals surface area (Å²) in [5.41, 5.74) is -4.42. The van der Waals surface area contributed by atoms with E-state index < -0.39 is 56.2 Å². The quantitative estimate of drug-likeness (QED) is 0.543. The Kier molecular flexibility index (Phi) is 6.03. The molecule has 0 saturated heterocycles. The van der Waals surface area contributed by atoms with Crippen LogP contribution in [0.5, 0.6) is 0 Å². The highest BCUT2D eigenvalue weighted by molar-refractivity contribution is 7.90. The number of benzene rings is 2. The van der Waals surface area contributed by atoms with Crippen LogP contribution >= 0.6 is 0 Å². The van der Waals surface area contributed by atoms with E-state index in [1.54, 1.807) is 0 Å². The molecule has 14 heteroatoms. The molecular formula is C20H17F7N2O4S. The monoisotopic (exact) mass is 514 g/mol. The molecule has 2 aromatic rings. The first-order valence-electron chi connectivity index (χ1n) is 9.42. The minimum absolute atomic E-state index is 0.0211. The molecule has 6 nitrogen and oxygen atoms in total. The lowest BCUT2D eigenvalue weighted by molar-refractivity contribution is -0.376. The number of alkyl halides is 6. The van der Waals surface area contributed by atoms with Gasteiger partial charge in [0.15, 0.2) is 15.4 Å². The van der Waals surface area contributed by atoms with Gasteiger partial charge in [0, 0.05) is 23.9 Å². The molecule has 1 aliphatic heterocycles. The van der Waals surface area contributed by atoms with Gasteiger partial charge >= 0.3 is 12.4 Å². The first kappa shape index (κ1) is 25.9. The van der Waals surface area contributed by atoms with Gasteiger partial charge in [-0.3, -0.25) is 10.1 Å². The molecule has 186 valence electrons. The van der Waals surface area contributed by atoms with Crippen LogP contribution in [0.3, 0.4) is 0 Å². The topological polar surface area (TPSA) is 109 Å². The van der Waals surface area contributed by atoms with Crippen molar-refractivity contribution in [1.29, 1.82) is 0 Å². The number of carbonyl (C=O) groups is 1. The molecule has 0 aromatic heterocycles. The van der Waals surface area contributed by atoms with E-state index >= 15 is 4.39 Å². The molecule has 0 spiro atoms. The van der Waals surface area contributed by atoms with E-state index in [9.17, 15) is 44.7 Å². The van der Waals surface area contributed by atoms with Crippen molar-refractivity contribution >= 4 is 15.7 Å². The standard InChI is InChI=1S/C20H17F7N2O4S/c1-34(32,33)12-3-5-13-10(8-12)6-7-29-17(13,16(28)30)14-4-2-11(9-15(14)21)18(31,19(22,23)24)20(25,26)27/h2-5,8-9,29,31H,6-7H2,1H3,(H2,28,30). The minimum Gasteiger partial charge on any atom is -0.369 e. The highest BCUT2D eigenvalue weighted by Crippen LogP contribution is 2.50. The number of carbonyl (C=O) groups excluding carboxylic acids is 1. The van der Waals surface area contributed by atoms with Gasteiger partial charge in [-0.2, -0.15) is 26.3 Å². The molecule has 1 aliphatic rings.